The molecule has 0 N–H and O–H groups in total. The van der Waals surface area contributed by atoms with Gasteiger partial charge in [-0.1, -0.05) is 30.9 Å². The SMILES string of the molecule is C1CCOC1.C=Cc1ccc2c(ccc3c2nc(C)n3-c2ccc(OC(F)(F)F)cc2)c1. The largest absolute Gasteiger partial charge is 0.573 e. The van der Waals surface area contributed by atoms with Crippen LogP contribution in [0, 0.1) is 6.92 Å². The summed E-state index contributed by atoms with van der Waals surface area (Å²) in [6.45, 7) is 7.65. The van der Waals surface area contributed by atoms with E-state index < -0.39 is 6.36 Å². The van der Waals surface area contributed by atoms with Crippen LogP contribution in [0.25, 0.3) is 33.6 Å². The number of aryl methyl sites for hydroxylation is 1. The molecule has 32 heavy (non-hydrogen) atoms. The molecule has 4 nitrogen and oxygen atoms in total. The van der Waals surface area contributed by atoms with Crippen molar-refractivity contribution in [3.8, 4) is 11.4 Å². The highest BCUT2D eigenvalue weighted by molar-refractivity contribution is 6.05. The van der Waals surface area contributed by atoms with Crippen molar-refractivity contribution in [1.82, 2.24) is 9.55 Å². The van der Waals surface area contributed by atoms with Crippen LogP contribution in [0.5, 0.6) is 5.75 Å². The Hall–Kier alpha value is -3.32. The zero-order valence-corrected chi connectivity index (χ0v) is 17.7. The maximum Gasteiger partial charge on any atom is 0.573 e. The lowest BCUT2D eigenvalue weighted by molar-refractivity contribution is -0.274. The number of fused-ring (bicyclic) bond motifs is 3. The lowest BCUT2D eigenvalue weighted by Gasteiger charge is -2.11. The molecule has 0 spiro atoms. The number of benzene rings is 3. The van der Waals surface area contributed by atoms with E-state index in [1.165, 1.54) is 25.0 Å². The van der Waals surface area contributed by atoms with Gasteiger partial charge in [-0.25, -0.2) is 4.98 Å². The van der Waals surface area contributed by atoms with Crippen molar-refractivity contribution in [3.63, 3.8) is 0 Å². The molecule has 3 aromatic carbocycles. The predicted molar refractivity (Wildman–Crippen MR) is 120 cm³/mol. The molecule has 4 aromatic rings. The molecule has 0 radical (unpaired) electrons. The van der Waals surface area contributed by atoms with Crippen LogP contribution in [-0.4, -0.2) is 29.1 Å². The summed E-state index contributed by atoms with van der Waals surface area (Å²) in [5, 5.41) is 2.07. The second kappa shape index (κ2) is 9.04. The number of ether oxygens (including phenoxy) is 2. The third kappa shape index (κ3) is 4.78. The molecule has 0 unspecified atom stereocenters. The second-order valence-corrected chi connectivity index (χ2v) is 7.47. The van der Waals surface area contributed by atoms with Crippen molar-refractivity contribution in [3.05, 3.63) is 72.6 Å². The Kier molecular flexibility index (Phi) is 6.19. The number of aromatic nitrogens is 2. The molecule has 0 saturated carbocycles. The van der Waals surface area contributed by atoms with E-state index in [4.69, 9.17) is 4.74 Å². The van der Waals surface area contributed by atoms with E-state index in [2.05, 4.69) is 16.3 Å². The van der Waals surface area contributed by atoms with Crippen molar-refractivity contribution >= 4 is 27.9 Å². The van der Waals surface area contributed by atoms with Gasteiger partial charge in [0.25, 0.3) is 0 Å². The molecule has 1 fully saturated rings. The zero-order chi connectivity index (χ0) is 22.7. The minimum Gasteiger partial charge on any atom is -0.406 e. The van der Waals surface area contributed by atoms with Crippen LogP contribution < -0.4 is 4.74 Å². The third-order valence-electron chi connectivity index (χ3n) is 5.22. The highest BCUT2D eigenvalue weighted by atomic mass is 19.4. The summed E-state index contributed by atoms with van der Waals surface area (Å²) in [5.41, 5.74) is 3.47. The van der Waals surface area contributed by atoms with Crippen LogP contribution in [0.4, 0.5) is 13.2 Å². The Morgan fingerprint density at radius 1 is 1.03 bits per heavy atom. The van der Waals surface area contributed by atoms with Crippen molar-refractivity contribution in [2.75, 3.05) is 13.2 Å². The van der Waals surface area contributed by atoms with E-state index in [1.54, 1.807) is 18.2 Å². The second-order valence-electron chi connectivity index (χ2n) is 7.47. The predicted octanol–water partition coefficient (Wildman–Crippen LogP) is 6.83. The normalized spacial score (nSPS) is 13.8. The van der Waals surface area contributed by atoms with Gasteiger partial charge in [0, 0.05) is 24.3 Å². The van der Waals surface area contributed by atoms with Gasteiger partial charge in [-0.3, -0.25) is 4.57 Å². The van der Waals surface area contributed by atoms with Gasteiger partial charge in [0.15, 0.2) is 0 Å². The van der Waals surface area contributed by atoms with Crippen LogP contribution in [0.2, 0.25) is 0 Å². The maximum atomic E-state index is 12.3. The first kappa shape index (κ1) is 21.9. The molecule has 1 aromatic heterocycles. The fraction of sp³-hybridized carbons (Fsp3) is 0.240. The standard InChI is InChI=1S/C21H15F3N2O.C4H8O/c1-3-14-4-10-18-15(12-14)5-11-19-20(18)25-13(2)26(19)16-6-8-17(9-7-16)27-21(22,23)24;1-2-4-5-3-1/h3-12H,1H2,2H3;1-4H2. The number of hydrogen-bond donors (Lipinski definition) is 0. The molecule has 0 amide bonds. The van der Waals surface area contributed by atoms with Crippen LogP contribution in [0.15, 0.2) is 61.2 Å². The van der Waals surface area contributed by atoms with Crippen LogP contribution in [-0.2, 0) is 4.74 Å². The van der Waals surface area contributed by atoms with E-state index in [0.29, 0.717) is 5.69 Å². The molecular formula is C25H23F3N2O2. The summed E-state index contributed by atoms with van der Waals surface area (Å²) < 4.78 is 47.8. The van der Waals surface area contributed by atoms with Crippen LogP contribution in [0.3, 0.4) is 0 Å². The summed E-state index contributed by atoms with van der Waals surface area (Å²) in [4.78, 5) is 4.68. The molecule has 166 valence electrons. The molecule has 7 heteroatoms. The van der Waals surface area contributed by atoms with Gasteiger partial charge in [-0.2, -0.15) is 0 Å². The number of rotatable bonds is 3. The maximum absolute atomic E-state index is 12.3. The molecule has 0 bridgehead atoms. The zero-order valence-electron chi connectivity index (χ0n) is 17.7. The Labute approximate surface area is 183 Å². The number of halogens is 3. The molecule has 5 rings (SSSR count). The van der Waals surface area contributed by atoms with Gasteiger partial charge in [-0.15, -0.1) is 13.2 Å². The van der Waals surface area contributed by atoms with Gasteiger partial charge >= 0.3 is 6.36 Å². The Bertz CT molecular complexity index is 1230. The summed E-state index contributed by atoms with van der Waals surface area (Å²) in [5.74, 6) is 0.491. The van der Waals surface area contributed by atoms with Crippen molar-refractivity contribution in [2.24, 2.45) is 0 Å². The van der Waals surface area contributed by atoms with Gasteiger partial charge in [0.05, 0.1) is 11.0 Å². The minimum absolute atomic E-state index is 0.254. The highest BCUT2D eigenvalue weighted by Gasteiger charge is 2.31. The van der Waals surface area contributed by atoms with Crippen LogP contribution in [0.1, 0.15) is 24.2 Å². The third-order valence-corrected chi connectivity index (χ3v) is 5.22. The Balaban J connectivity index is 0.000000433. The first-order valence-corrected chi connectivity index (χ1v) is 10.3. The van der Waals surface area contributed by atoms with E-state index in [1.807, 2.05) is 41.8 Å². The van der Waals surface area contributed by atoms with Crippen molar-refractivity contribution in [2.45, 2.75) is 26.1 Å². The summed E-state index contributed by atoms with van der Waals surface area (Å²) in [6.07, 6.45) is -0.361. The molecule has 0 aliphatic carbocycles. The topological polar surface area (TPSA) is 36.3 Å². The molecule has 1 aliphatic rings. The molecular weight excluding hydrogens is 417 g/mol. The van der Waals surface area contributed by atoms with E-state index >= 15 is 0 Å². The monoisotopic (exact) mass is 440 g/mol. The van der Waals surface area contributed by atoms with E-state index in [9.17, 15) is 13.2 Å². The first-order chi connectivity index (χ1) is 15.4. The van der Waals surface area contributed by atoms with E-state index in [0.717, 1.165) is 46.4 Å². The van der Waals surface area contributed by atoms with Gasteiger partial charge in [0.2, 0.25) is 0 Å². The Morgan fingerprint density at radius 2 is 1.75 bits per heavy atom. The van der Waals surface area contributed by atoms with Crippen molar-refractivity contribution < 1.29 is 22.6 Å². The van der Waals surface area contributed by atoms with Crippen LogP contribution >= 0.6 is 0 Å². The fourth-order valence-electron chi connectivity index (χ4n) is 3.76. The highest BCUT2D eigenvalue weighted by Crippen LogP contribution is 2.30. The summed E-state index contributed by atoms with van der Waals surface area (Å²) in [7, 11) is 0. The van der Waals surface area contributed by atoms with Gasteiger partial charge in [0.1, 0.15) is 11.6 Å². The number of nitrogens with zero attached hydrogens (tertiary/aromatic N) is 2. The number of imidazole rings is 1. The van der Waals surface area contributed by atoms with E-state index in [-0.39, 0.29) is 5.75 Å². The molecule has 0 atom stereocenters. The first-order valence-electron chi connectivity index (χ1n) is 10.3. The van der Waals surface area contributed by atoms with Gasteiger partial charge in [-0.05, 0) is 67.1 Å². The lowest BCUT2D eigenvalue weighted by Crippen LogP contribution is -2.17. The average molecular weight is 440 g/mol. The average Bonchev–Trinajstić information content (AvgIpc) is 3.44. The molecule has 1 saturated heterocycles. The molecule has 1 aliphatic heterocycles. The van der Waals surface area contributed by atoms with Gasteiger partial charge < -0.3 is 9.47 Å². The number of hydrogen-bond acceptors (Lipinski definition) is 3. The molecule has 2 heterocycles. The quantitative estimate of drug-likeness (QED) is 0.351. The summed E-state index contributed by atoms with van der Waals surface area (Å²) >= 11 is 0. The fourth-order valence-corrected chi connectivity index (χ4v) is 3.76. The summed E-state index contributed by atoms with van der Waals surface area (Å²) in [6, 6.07) is 15.8. The smallest absolute Gasteiger partial charge is 0.406 e. The Morgan fingerprint density at radius 3 is 2.34 bits per heavy atom. The minimum atomic E-state index is -4.71. The number of alkyl halides is 3. The van der Waals surface area contributed by atoms with Crippen molar-refractivity contribution in [1.29, 1.82) is 0 Å². The lowest BCUT2D eigenvalue weighted by atomic mass is 10.1.